The molecule has 4 nitrogen and oxygen atoms in total. The van der Waals surface area contributed by atoms with E-state index in [-0.39, 0.29) is 24.2 Å². The minimum Gasteiger partial charge on any atom is -0.324 e. The van der Waals surface area contributed by atoms with Crippen LogP contribution in [0.25, 0.3) is 0 Å². The van der Waals surface area contributed by atoms with Crippen molar-refractivity contribution in [3.63, 3.8) is 0 Å². The second-order valence-electron chi connectivity index (χ2n) is 4.01. The molecule has 0 atom stereocenters. The first-order chi connectivity index (χ1) is 8.08. The lowest BCUT2D eigenvalue weighted by Crippen LogP contribution is -2.44. The molecule has 0 aliphatic rings. The smallest absolute Gasteiger partial charge is 0.324 e. The van der Waals surface area contributed by atoms with Crippen molar-refractivity contribution in [2.75, 3.05) is 19.0 Å². The van der Waals surface area contributed by atoms with Crippen LogP contribution in [-0.2, 0) is 4.79 Å². The first kappa shape index (κ1) is 16.2. The Bertz CT molecular complexity index is 243. The quantitative estimate of drug-likeness (QED) is 0.717. The summed E-state index contributed by atoms with van der Waals surface area (Å²) in [6.07, 6.45) is 2.25. The van der Waals surface area contributed by atoms with E-state index in [9.17, 15) is 9.59 Å². The number of nitrogens with one attached hydrogen (secondary N) is 1. The van der Waals surface area contributed by atoms with Gasteiger partial charge in [0.15, 0.2) is 0 Å². The summed E-state index contributed by atoms with van der Waals surface area (Å²) in [4.78, 5) is 24.7. The molecule has 3 amide bonds. The Morgan fingerprint density at radius 3 is 2.24 bits per heavy atom. The van der Waals surface area contributed by atoms with E-state index in [2.05, 4.69) is 19.2 Å². The Balaban J connectivity index is 4.25. The normalized spacial score (nSPS) is 10.4. The molecular weight excluding hydrogens is 240 g/mol. The van der Waals surface area contributed by atoms with Crippen molar-refractivity contribution in [2.45, 2.75) is 40.0 Å². The zero-order chi connectivity index (χ0) is 13.3. The highest BCUT2D eigenvalue weighted by atomic mass is 35.5. The molecule has 100 valence electrons. The molecule has 0 unspecified atom stereocenters. The molecule has 0 aliphatic heterocycles. The van der Waals surface area contributed by atoms with Gasteiger partial charge in [-0.2, -0.15) is 0 Å². The van der Waals surface area contributed by atoms with Crippen LogP contribution >= 0.6 is 11.6 Å². The minimum absolute atomic E-state index is 0.176. The number of carbonyl (C=O) groups is 2. The average Bonchev–Trinajstić information content (AvgIpc) is 2.30. The Morgan fingerprint density at radius 1 is 1.24 bits per heavy atom. The summed E-state index contributed by atoms with van der Waals surface area (Å²) in [7, 11) is 0. The number of urea groups is 1. The Hall–Kier alpha value is -0.770. The van der Waals surface area contributed by atoms with E-state index >= 15 is 0 Å². The van der Waals surface area contributed by atoms with Crippen LogP contribution in [0.4, 0.5) is 4.79 Å². The highest BCUT2D eigenvalue weighted by molar-refractivity contribution is 6.19. The third-order valence-corrected chi connectivity index (χ3v) is 3.06. The van der Waals surface area contributed by atoms with E-state index in [0.717, 1.165) is 12.8 Å². The zero-order valence-corrected chi connectivity index (χ0v) is 11.7. The summed E-state index contributed by atoms with van der Waals surface area (Å²) in [5, 5.41) is 2.35. The van der Waals surface area contributed by atoms with Crippen molar-refractivity contribution in [2.24, 2.45) is 5.92 Å². The summed E-state index contributed by atoms with van der Waals surface area (Å²) in [5.74, 6) is 0.412. The SMILES string of the molecule is CCC(CC)CN(CC)C(=O)NC(=O)CCCl. The maximum atomic E-state index is 11.8. The van der Waals surface area contributed by atoms with E-state index in [1.165, 1.54) is 0 Å². The predicted octanol–water partition coefficient (Wildman–Crippen LogP) is 2.61. The minimum atomic E-state index is -0.312. The molecule has 0 heterocycles. The Kier molecular flexibility index (Phi) is 8.86. The van der Waals surface area contributed by atoms with Gasteiger partial charge in [0.05, 0.1) is 0 Å². The molecule has 0 fully saturated rings. The van der Waals surface area contributed by atoms with Gasteiger partial charge in [-0.15, -0.1) is 11.6 Å². The standard InChI is InChI=1S/C12H23ClN2O2/c1-4-10(5-2)9-15(6-3)12(17)14-11(16)7-8-13/h10H,4-9H2,1-3H3,(H,14,16,17). The number of hydrogen-bond donors (Lipinski definition) is 1. The van der Waals surface area contributed by atoms with E-state index in [1.54, 1.807) is 4.90 Å². The maximum Gasteiger partial charge on any atom is 0.324 e. The van der Waals surface area contributed by atoms with Gasteiger partial charge < -0.3 is 4.90 Å². The van der Waals surface area contributed by atoms with Crippen molar-refractivity contribution < 1.29 is 9.59 Å². The highest BCUT2D eigenvalue weighted by Crippen LogP contribution is 2.09. The Labute approximate surface area is 109 Å². The van der Waals surface area contributed by atoms with E-state index < -0.39 is 0 Å². The third-order valence-electron chi connectivity index (χ3n) is 2.87. The van der Waals surface area contributed by atoms with Crippen LogP contribution < -0.4 is 5.32 Å². The molecule has 0 aromatic rings. The Morgan fingerprint density at radius 2 is 1.82 bits per heavy atom. The van der Waals surface area contributed by atoms with Crippen LogP contribution in [0.5, 0.6) is 0 Å². The number of rotatable bonds is 7. The van der Waals surface area contributed by atoms with E-state index in [1.807, 2.05) is 6.92 Å². The molecular formula is C12H23ClN2O2. The van der Waals surface area contributed by atoms with Gasteiger partial charge in [0.1, 0.15) is 0 Å². The van der Waals surface area contributed by atoms with Gasteiger partial charge in [-0.05, 0) is 12.8 Å². The second-order valence-corrected chi connectivity index (χ2v) is 4.39. The molecule has 0 saturated carbocycles. The molecule has 17 heavy (non-hydrogen) atoms. The predicted molar refractivity (Wildman–Crippen MR) is 70.2 cm³/mol. The fraction of sp³-hybridized carbons (Fsp3) is 0.833. The fourth-order valence-electron chi connectivity index (χ4n) is 1.56. The summed E-state index contributed by atoms with van der Waals surface area (Å²) >= 11 is 5.44. The third kappa shape index (κ3) is 6.51. The highest BCUT2D eigenvalue weighted by Gasteiger charge is 2.17. The van der Waals surface area contributed by atoms with Crippen molar-refractivity contribution in [1.29, 1.82) is 0 Å². The number of nitrogens with zero attached hydrogens (tertiary/aromatic N) is 1. The number of imide groups is 1. The lowest BCUT2D eigenvalue weighted by molar-refractivity contribution is -0.119. The van der Waals surface area contributed by atoms with Crippen molar-refractivity contribution in [1.82, 2.24) is 10.2 Å². The van der Waals surface area contributed by atoms with Crippen LogP contribution in [0.2, 0.25) is 0 Å². The summed E-state index contributed by atoms with van der Waals surface area (Å²) in [6, 6.07) is -0.311. The van der Waals surface area contributed by atoms with Crippen LogP contribution in [0.3, 0.4) is 0 Å². The number of halogens is 1. The molecule has 0 bridgehead atoms. The maximum absolute atomic E-state index is 11.8. The summed E-state index contributed by atoms with van der Waals surface area (Å²) < 4.78 is 0. The largest absolute Gasteiger partial charge is 0.324 e. The second kappa shape index (κ2) is 9.28. The molecule has 1 N–H and O–H groups in total. The van der Waals surface area contributed by atoms with E-state index in [4.69, 9.17) is 11.6 Å². The topological polar surface area (TPSA) is 49.4 Å². The van der Waals surface area contributed by atoms with Gasteiger partial charge in [-0.25, -0.2) is 4.79 Å². The molecule has 0 radical (unpaired) electrons. The number of alkyl halides is 1. The van der Waals surface area contributed by atoms with Crippen LogP contribution in [-0.4, -0.2) is 35.8 Å². The summed E-state index contributed by atoms with van der Waals surface area (Å²) in [6.45, 7) is 7.44. The molecule has 5 heteroatoms. The number of carbonyl (C=O) groups excluding carboxylic acids is 2. The van der Waals surface area contributed by atoms with Gasteiger partial charge in [0.2, 0.25) is 5.91 Å². The molecule has 0 saturated heterocycles. The molecule has 0 aromatic heterocycles. The lowest BCUT2D eigenvalue weighted by atomic mass is 10.0. The zero-order valence-electron chi connectivity index (χ0n) is 11.0. The van der Waals surface area contributed by atoms with Crippen LogP contribution in [0, 0.1) is 5.92 Å². The van der Waals surface area contributed by atoms with Gasteiger partial charge >= 0.3 is 6.03 Å². The fourth-order valence-corrected chi connectivity index (χ4v) is 1.73. The van der Waals surface area contributed by atoms with Crippen LogP contribution in [0.1, 0.15) is 40.0 Å². The van der Waals surface area contributed by atoms with Crippen molar-refractivity contribution in [3.8, 4) is 0 Å². The first-order valence-corrected chi connectivity index (χ1v) is 6.77. The monoisotopic (exact) mass is 262 g/mol. The van der Waals surface area contributed by atoms with Gasteiger partial charge in [-0.1, -0.05) is 26.7 Å². The van der Waals surface area contributed by atoms with Crippen LogP contribution in [0.15, 0.2) is 0 Å². The van der Waals surface area contributed by atoms with Gasteiger partial charge in [0, 0.05) is 25.4 Å². The summed E-state index contributed by atoms with van der Waals surface area (Å²) in [5.41, 5.74) is 0. The van der Waals surface area contributed by atoms with Crippen molar-refractivity contribution >= 4 is 23.5 Å². The van der Waals surface area contributed by atoms with Gasteiger partial charge in [0.25, 0.3) is 0 Å². The molecule has 0 aliphatic carbocycles. The van der Waals surface area contributed by atoms with E-state index in [0.29, 0.717) is 19.0 Å². The number of amides is 3. The molecule has 0 aromatic carbocycles. The molecule has 0 rings (SSSR count). The first-order valence-electron chi connectivity index (χ1n) is 6.23. The molecule has 0 spiro atoms. The average molecular weight is 263 g/mol. The van der Waals surface area contributed by atoms with Crippen molar-refractivity contribution in [3.05, 3.63) is 0 Å². The number of hydrogen-bond acceptors (Lipinski definition) is 2. The lowest BCUT2D eigenvalue weighted by Gasteiger charge is -2.25. The van der Waals surface area contributed by atoms with Gasteiger partial charge in [-0.3, -0.25) is 10.1 Å².